The van der Waals surface area contributed by atoms with Gasteiger partial charge >= 0.3 is 0 Å². The molecule has 0 amide bonds. The first-order valence-corrected chi connectivity index (χ1v) is 6.74. The van der Waals surface area contributed by atoms with E-state index in [9.17, 15) is 10.2 Å². The Morgan fingerprint density at radius 3 is 2.35 bits per heavy atom. The summed E-state index contributed by atoms with van der Waals surface area (Å²) in [5.41, 5.74) is 1.80. The van der Waals surface area contributed by atoms with Crippen LogP contribution in [-0.2, 0) is 0 Å². The van der Waals surface area contributed by atoms with E-state index < -0.39 is 12.2 Å². The Labute approximate surface area is 116 Å². The maximum Gasteiger partial charge on any atom is 0.109 e. The Kier molecular flexibility index (Phi) is 2.43. The quantitative estimate of drug-likeness (QED) is 0.609. The van der Waals surface area contributed by atoms with Crippen molar-refractivity contribution in [2.75, 3.05) is 0 Å². The first-order valence-electron chi connectivity index (χ1n) is 6.74. The minimum atomic E-state index is -0.842. The number of aliphatic hydroxyl groups is 2. The molecule has 0 fully saturated rings. The molecule has 0 saturated heterocycles. The SMILES string of the molecule is OC1C=Cc2c(ccc3cc4ccccc4cc23)C1O. The summed E-state index contributed by atoms with van der Waals surface area (Å²) < 4.78 is 0. The summed E-state index contributed by atoms with van der Waals surface area (Å²) in [6, 6.07) is 16.5. The average molecular weight is 262 g/mol. The van der Waals surface area contributed by atoms with Gasteiger partial charge in [0.15, 0.2) is 0 Å². The zero-order valence-electron chi connectivity index (χ0n) is 10.8. The molecule has 0 radical (unpaired) electrons. The molecular formula is C18H14O2. The van der Waals surface area contributed by atoms with Crippen LogP contribution in [0.15, 0.2) is 54.6 Å². The van der Waals surface area contributed by atoms with Crippen molar-refractivity contribution in [1.29, 1.82) is 0 Å². The van der Waals surface area contributed by atoms with E-state index in [0.29, 0.717) is 0 Å². The van der Waals surface area contributed by atoms with Gasteiger partial charge in [-0.05, 0) is 44.8 Å². The van der Waals surface area contributed by atoms with Crippen LogP contribution >= 0.6 is 0 Å². The molecule has 4 rings (SSSR count). The second-order valence-electron chi connectivity index (χ2n) is 5.28. The topological polar surface area (TPSA) is 40.5 Å². The summed E-state index contributed by atoms with van der Waals surface area (Å²) >= 11 is 0. The van der Waals surface area contributed by atoms with Crippen LogP contribution in [0.3, 0.4) is 0 Å². The van der Waals surface area contributed by atoms with E-state index in [1.54, 1.807) is 6.08 Å². The van der Waals surface area contributed by atoms with Gasteiger partial charge in [0.1, 0.15) is 12.2 Å². The molecule has 98 valence electrons. The predicted molar refractivity (Wildman–Crippen MR) is 81.5 cm³/mol. The number of hydrogen-bond acceptors (Lipinski definition) is 2. The molecule has 0 aliphatic heterocycles. The number of fused-ring (bicyclic) bond motifs is 4. The van der Waals surface area contributed by atoms with Gasteiger partial charge in [-0.15, -0.1) is 0 Å². The van der Waals surface area contributed by atoms with Crippen molar-refractivity contribution < 1.29 is 10.2 Å². The van der Waals surface area contributed by atoms with E-state index in [0.717, 1.165) is 21.9 Å². The van der Waals surface area contributed by atoms with Crippen molar-refractivity contribution in [3.63, 3.8) is 0 Å². The van der Waals surface area contributed by atoms with E-state index in [1.807, 2.05) is 30.3 Å². The van der Waals surface area contributed by atoms with Crippen LogP contribution in [0, 0.1) is 0 Å². The monoisotopic (exact) mass is 262 g/mol. The highest BCUT2D eigenvalue weighted by molar-refractivity contribution is 6.02. The van der Waals surface area contributed by atoms with E-state index in [4.69, 9.17) is 0 Å². The molecule has 0 aromatic heterocycles. The van der Waals surface area contributed by atoms with Crippen LogP contribution in [-0.4, -0.2) is 16.3 Å². The minimum absolute atomic E-state index is 0.794. The van der Waals surface area contributed by atoms with Crippen molar-refractivity contribution in [2.45, 2.75) is 12.2 Å². The zero-order chi connectivity index (χ0) is 13.7. The molecule has 0 bridgehead atoms. The fraction of sp³-hybridized carbons (Fsp3) is 0.111. The smallest absolute Gasteiger partial charge is 0.109 e. The van der Waals surface area contributed by atoms with E-state index in [2.05, 4.69) is 24.3 Å². The number of hydrogen-bond donors (Lipinski definition) is 2. The highest BCUT2D eigenvalue weighted by Crippen LogP contribution is 2.35. The molecule has 2 unspecified atom stereocenters. The highest BCUT2D eigenvalue weighted by Gasteiger charge is 2.23. The lowest BCUT2D eigenvalue weighted by Crippen LogP contribution is -2.19. The summed E-state index contributed by atoms with van der Waals surface area (Å²) in [6.07, 6.45) is 1.90. The fourth-order valence-corrected chi connectivity index (χ4v) is 2.98. The van der Waals surface area contributed by atoms with Crippen LogP contribution in [0.2, 0.25) is 0 Å². The molecule has 1 aliphatic carbocycles. The van der Waals surface area contributed by atoms with Gasteiger partial charge in [0.05, 0.1) is 0 Å². The molecule has 3 aromatic carbocycles. The molecule has 3 aromatic rings. The second-order valence-corrected chi connectivity index (χ2v) is 5.28. The third kappa shape index (κ3) is 1.59. The Bertz CT molecular complexity index is 849. The van der Waals surface area contributed by atoms with E-state index in [-0.39, 0.29) is 0 Å². The molecule has 2 heteroatoms. The Hall–Kier alpha value is -2.16. The third-order valence-corrected chi connectivity index (χ3v) is 4.06. The minimum Gasteiger partial charge on any atom is -0.386 e. The standard InChI is InChI=1S/C18H14O2/c19-17-8-7-14-15(18(17)20)6-5-13-9-11-3-1-2-4-12(11)10-16(13)14/h1-10,17-20H. The normalized spacial score (nSPS) is 21.3. The van der Waals surface area contributed by atoms with Crippen molar-refractivity contribution in [3.05, 3.63) is 65.7 Å². The summed E-state index contributed by atoms with van der Waals surface area (Å²) in [7, 11) is 0. The summed E-state index contributed by atoms with van der Waals surface area (Å²) in [5, 5.41) is 24.5. The molecular weight excluding hydrogens is 248 g/mol. The van der Waals surface area contributed by atoms with Gasteiger partial charge in [-0.3, -0.25) is 0 Å². The summed E-state index contributed by atoms with van der Waals surface area (Å²) in [4.78, 5) is 0. The van der Waals surface area contributed by atoms with Crippen LogP contribution in [0.5, 0.6) is 0 Å². The van der Waals surface area contributed by atoms with Gasteiger partial charge in [-0.2, -0.15) is 0 Å². The van der Waals surface area contributed by atoms with E-state index >= 15 is 0 Å². The van der Waals surface area contributed by atoms with Gasteiger partial charge in [0, 0.05) is 0 Å². The van der Waals surface area contributed by atoms with Crippen LogP contribution in [0.1, 0.15) is 17.2 Å². The van der Waals surface area contributed by atoms with Crippen LogP contribution in [0.25, 0.3) is 27.6 Å². The molecule has 2 N–H and O–H groups in total. The lowest BCUT2D eigenvalue weighted by molar-refractivity contribution is 0.0471. The molecule has 1 aliphatic rings. The maximum atomic E-state index is 10.1. The lowest BCUT2D eigenvalue weighted by atomic mass is 9.88. The first-order chi connectivity index (χ1) is 9.74. The highest BCUT2D eigenvalue weighted by atomic mass is 16.3. The van der Waals surface area contributed by atoms with Crippen molar-refractivity contribution in [1.82, 2.24) is 0 Å². The first kappa shape index (κ1) is 11.6. The van der Waals surface area contributed by atoms with Gasteiger partial charge < -0.3 is 10.2 Å². The van der Waals surface area contributed by atoms with Gasteiger partial charge in [0.25, 0.3) is 0 Å². The predicted octanol–water partition coefficient (Wildman–Crippen LogP) is 3.41. The largest absolute Gasteiger partial charge is 0.386 e. The molecule has 0 heterocycles. The molecule has 2 atom stereocenters. The van der Waals surface area contributed by atoms with Crippen LogP contribution < -0.4 is 0 Å². The Morgan fingerprint density at radius 1 is 0.800 bits per heavy atom. The van der Waals surface area contributed by atoms with E-state index in [1.165, 1.54) is 10.8 Å². The van der Waals surface area contributed by atoms with Crippen LogP contribution in [0.4, 0.5) is 0 Å². The molecule has 0 spiro atoms. The van der Waals surface area contributed by atoms with Crippen molar-refractivity contribution >= 4 is 27.6 Å². The average Bonchev–Trinajstić information content (AvgIpc) is 2.48. The third-order valence-electron chi connectivity index (χ3n) is 4.06. The maximum absolute atomic E-state index is 10.1. The molecule has 2 nitrogen and oxygen atoms in total. The second kappa shape index (κ2) is 4.17. The summed E-state index contributed by atoms with van der Waals surface area (Å²) in [5.74, 6) is 0. The number of benzene rings is 3. The Morgan fingerprint density at radius 2 is 1.55 bits per heavy atom. The fourth-order valence-electron chi connectivity index (χ4n) is 2.98. The molecule has 20 heavy (non-hydrogen) atoms. The molecule has 0 saturated carbocycles. The van der Waals surface area contributed by atoms with Crippen molar-refractivity contribution in [3.8, 4) is 0 Å². The van der Waals surface area contributed by atoms with Gasteiger partial charge in [0.2, 0.25) is 0 Å². The lowest BCUT2D eigenvalue weighted by Gasteiger charge is -2.23. The number of aliphatic hydroxyl groups excluding tert-OH is 2. The van der Waals surface area contributed by atoms with Crippen molar-refractivity contribution in [2.24, 2.45) is 0 Å². The number of rotatable bonds is 0. The summed E-state index contributed by atoms with van der Waals surface area (Å²) in [6.45, 7) is 0. The van der Waals surface area contributed by atoms with Gasteiger partial charge in [-0.25, -0.2) is 0 Å². The zero-order valence-corrected chi connectivity index (χ0v) is 10.8. The Balaban J connectivity index is 2.10. The van der Waals surface area contributed by atoms with Gasteiger partial charge in [-0.1, -0.05) is 48.6 Å².